The van der Waals surface area contributed by atoms with Crippen LogP contribution in [0.15, 0.2) is 41.9 Å². The van der Waals surface area contributed by atoms with Crippen molar-refractivity contribution in [2.75, 3.05) is 55.0 Å². The first-order valence-electron chi connectivity index (χ1n) is 21.1. The van der Waals surface area contributed by atoms with Crippen molar-refractivity contribution in [2.24, 2.45) is 23.7 Å². The lowest BCUT2D eigenvalue weighted by atomic mass is 9.89. The molecule has 1 aromatic heterocycles. The van der Waals surface area contributed by atoms with E-state index >= 15 is 0 Å². The van der Waals surface area contributed by atoms with Crippen LogP contribution in [0.1, 0.15) is 90.8 Å². The summed E-state index contributed by atoms with van der Waals surface area (Å²) in [5.74, 6) is -1.39. The van der Waals surface area contributed by atoms with Crippen molar-refractivity contribution >= 4 is 35.0 Å². The van der Waals surface area contributed by atoms with Gasteiger partial charge in [-0.15, -0.1) is 11.3 Å². The van der Waals surface area contributed by atoms with Gasteiger partial charge in [-0.2, -0.15) is 0 Å². The molecule has 2 heterocycles. The van der Waals surface area contributed by atoms with E-state index in [1.807, 2.05) is 94.2 Å². The Kier molecular flexibility index (Phi) is 20.2. The van der Waals surface area contributed by atoms with Crippen LogP contribution in [0, 0.1) is 23.7 Å². The molecule has 1 aliphatic rings. The van der Waals surface area contributed by atoms with Crippen molar-refractivity contribution in [3.63, 3.8) is 0 Å². The van der Waals surface area contributed by atoms with E-state index in [4.69, 9.17) is 9.47 Å². The highest BCUT2D eigenvalue weighted by Crippen LogP contribution is 2.30. The minimum absolute atomic E-state index is 0.0159. The molecule has 0 spiro atoms. The van der Waals surface area contributed by atoms with Crippen molar-refractivity contribution in [1.29, 1.82) is 0 Å². The molecule has 2 aromatic rings. The molecular weight excluding hydrogens is 755 g/mol. The monoisotopic (exact) mass is 828 g/mol. The number of nitrogens with one attached hydrogen (secondary N) is 3. The van der Waals surface area contributed by atoms with E-state index in [1.165, 1.54) is 11.3 Å². The van der Waals surface area contributed by atoms with Crippen molar-refractivity contribution in [3.05, 3.63) is 52.5 Å². The largest absolute Gasteiger partial charge is 0.379 e. The number of aromatic nitrogens is 1. The molecule has 3 N–H and O–H groups in total. The summed E-state index contributed by atoms with van der Waals surface area (Å²) < 4.78 is 12.1. The van der Waals surface area contributed by atoms with Gasteiger partial charge in [0.2, 0.25) is 23.6 Å². The fraction of sp³-hybridized carbons (Fsp3) is 0.705. The molecule has 3 rings (SSSR count). The Balaban J connectivity index is 1.79. The van der Waals surface area contributed by atoms with Crippen molar-refractivity contribution in [3.8, 4) is 0 Å². The molecule has 0 radical (unpaired) electrons. The molecule has 1 saturated heterocycles. The Bertz CT molecular complexity index is 1550. The summed E-state index contributed by atoms with van der Waals surface area (Å²) in [5, 5.41) is 12.2. The lowest BCUT2D eigenvalue weighted by Gasteiger charge is -2.41. The Morgan fingerprint density at radius 1 is 0.966 bits per heavy atom. The summed E-state index contributed by atoms with van der Waals surface area (Å²) in [5.41, 5.74) is 1.09. The first-order valence-corrected chi connectivity index (χ1v) is 22.0. The van der Waals surface area contributed by atoms with Crippen LogP contribution in [0.2, 0.25) is 0 Å². The summed E-state index contributed by atoms with van der Waals surface area (Å²) in [6, 6.07) is 7.78. The highest BCUT2D eigenvalue weighted by molar-refractivity contribution is 7.09. The number of thiazole rings is 1. The van der Waals surface area contributed by atoms with E-state index in [-0.39, 0.29) is 59.9 Å². The molecule has 0 bridgehead atoms. The van der Waals surface area contributed by atoms with Gasteiger partial charge < -0.3 is 35.2 Å². The van der Waals surface area contributed by atoms with Crippen LogP contribution in [-0.2, 0) is 35.1 Å². The van der Waals surface area contributed by atoms with E-state index in [0.717, 1.165) is 30.0 Å². The van der Waals surface area contributed by atoms with Gasteiger partial charge >= 0.3 is 0 Å². The molecule has 0 saturated carbocycles. The van der Waals surface area contributed by atoms with Gasteiger partial charge in [-0.1, -0.05) is 85.2 Å². The van der Waals surface area contributed by atoms with Crippen LogP contribution in [0.3, 0.4) is 0 Å². The van der Waals surface area contributed by atoms with Gasteiger partial charge in [-0.3, -0.25) is 24.1 Å². The third-order valence-corrected chi connectivity index (χ3v) is 12.8. The zero-order valence-electron chi connectivity index (χ0n) is 37.2. The SMILES string of the molecule is CC[C@H](C)[C@@H]([C@@H](CC(=O)N1CCC[C@H]1[C@H](OC)[C@@H](C)C(=O)N[C@@H](Cc1ccccc1)c1nccs1)OC)N(C)C(=O)[C@@H](NC(=O)[C@H](C(C)C)N(C)CCNC)C(C)C. The summed E-state index contributed by atoms with van der Waals surface area (Å²) in [6.45, 7) is 15.8. The zero-order valence-corrected chi connectivity index (χ0v) is 38.0. The maximum absolute atomic E-state index is 14.4. The Hall–Kier alpha value is -3.43. The Labute approximate surface area is 352 Å². The number of rotatable bonds is 24. The summed E-state index contributed by atoms with van der Waals surface area (Å²) in [6.07, 6.45) is 3.46. The second-order valence-corrected chi connectivity index (χ2v) is 17.6. The third kappa shape index (κ3) is 13.0. The standard InChI is InChI=1S/C44H73N7O6S/c1-13-30(6)39(50(10)44(55)37(28(2)3)48-42(54)38(29(4)5)49(9)24-21-45-8)35(56-11)27-36(52)51-23-17-20-34(51)40(57-12)31(7)41(53)47-33(43-46-22-25-58-43)26-32-18-15-14-16-19-32/h14-16,18-19,22,25,28-31,33-35,37-40,45H,13,17,20-21,23-24,26-27H2,1-12H3,(H,47,53)(H,48,54)/t30-,31+,33-,34-,35+,37-,38-,39-,40+/m0/s1. The number of methoxy groups -OCH3 is 2. The average Bonchev–Trinajstić information content (AvgIpc) is 3.92. The second-order valence-electron chi connectivity index (χ2n) is 16.7. The number of carbonyl (C=O) groups is 4. The van der Waals surface area contributed by atoms with Crippen LogP contribution in [0.5, 0.6) is 0 Å². The molecule has 0 unspecified atom stereocenters. The molecular formula is C44H73N7O6S. The Morgan fingerprint density at radius 2 is 1.66 bits per heavy atom. The summed E-state index contributed by atoms with van der Waals surface area (Å²) in [7, 11) is 8.75. The average molecular weight is 828 g/mol. The number of ether oxygens (including phenoxy) is 2. The second kappa shape index (κ2) is 24.0. The van der Waals surface area contributed by atoms with E-state index in [1.54, 1.807) is 32.4 Å². The minimum atomic E-state index is -0.767. The molecule has 14 heteroatoms. The number of hydrogen-bond acceptors (Lipinski definition) is 10. The van der Waals surface area contributed by atoms with Gasteiger partial charge in [0.25, 0.3) is 0 Å². The number of nitrogens with zero attached hydrogens (tertiary/aromatic N) is 4. The first-order chi connectivity index (χ1) is 27.6. The smallest absolute Gasteiger partial charge is 0.245 e. The minimum Gasteiger partial charge on any atom is -0.379 e. The number of benzene rings is 1. The van der Waals surface area contributed by atoms with Gasteiger partial charge in [0.05, 0.1) is 48.7 Å². The van der Waals surface area contributed by atoms with Crippen molar-refractivity contribution in [1.82, 2.24) is 35.6 Å². The number of amides is 4. The molecule has 326 valence electrons. The van der Waals surface area contributed by atoms with E-state index in [0.29, 0.717) is 25.9 Å². The molecule has 1 fully saturated rings. The first kappa shape index (κ1) is 48.9. The van der Waals surface area contributed by atoms with E-state index < -0.39 is 36.3 Å². The van der Waals surface area contributed by atoms with Gasteiger partial charge in [0.1, 0.15) is 11.0 Å². The van der Waals surface area contributed by atoms with Gasteiger partial charge in [0.15, 0.2) is 0 Å². The quantitative estimate of drug-likeness (QED) is 0.136. The van der Waals surface area contributed by atoms with Crippen LogP contribution >= 0.6 is 11.3 Å². The maximum Gasteiger partial charge on any atom is 0.245 e. The fourth-order valence-electron chi connectivity index (χ4n) is 8.48. The van der Waals surface area contributed by atoms with E-state index in [2.05, 4.69) is 34.8 Å². The predicted molar refractivity (Wildman–Crippen MR) is 231 cm³/mol. The fourth-order valence-corrected chi connectivity index (χ4v) is 9.17. The highest BCUT2D eigenvalue weighted by Gasteiger charge is 2.43. The topological polar surface area (TPSA) is 145 Å². The van der Waals surface area contributed by atoms with Crippen molar-refractivity contribution in [2.45, 2.75) is 123 Å². The molecule has 4 amide bonds. The maximum atomic E-state index is 14.4. The summed E-state index contributed by atoms with van der Waals surface area (Å²) in [4.78, 5) is 66.6. The molecule has 58 heavy (non-hydrogen) atoms. The number of carbonyl (C=O) groups excluding carboxylic acids is 4. The van der Waals surface area contributed by atoms with Crippen LogP contribution in [0.4, 0.5) is 0 Å². The van der Waals surface area contributed by atoms with Crippen molar-refractivity contribution < 1.29 is 28.7 Å². The summed E-state index contributed by atoms with van der Waals surface area (Å²) >= 11 is 1.51. The molecule has 0 aliphatic carbocycles. The van der Waals surface area contributed by atoms with Crippen LogP contribution in [-0.4, -0.2) is 135 Å². The van der Waals surface area contributed by atoms with Crippen LogP contribution < -0.4 is 16.0 Å². The van der Waals surface area contributed by atoms with Gasteiger partial charge in [-0.25, -0.2) is 4.98 Å². The lowest BCUT2D eigenvalue weighted by molar-refractivity contribution is -0.148. The molecule has 9 atom stereocenters. The molecule has 1 aromatic carbocycles. The predicted octanol–water partition coefficient (Wildman–Crippen LogP) is 4.78. The molecule has 13 nitrogen and oxygen atoms in total. The third-order valence-electron chi connectivity index (χ3n) is 11.9. The number of hydrogen-bond donors (Lipinski definition) is 3. The lowest BCUT2D eigenvalue weighted by Crippen LogP contribution is -2.60. The number of likely N-dealkylation sites (N-methyl/N-ethyl adjacent to an activating group) is 3. The van der Waals surface area contributed by atoms with Gasteiger partial charge in [-0.05, 0) is 56.7 Å². The number of likely N-dealkylation sites (tertiary alicyclic amines) is 1. The van der Waals surface area contributed by atoms with E-state index in [9.17, 15) is 19.2 Å². The Morgan fingerprint density at radius 3 is 2.21 bits per heavy atom. The highest BCUT2D eigenvalue weighted by atomic mass is 32.1. The molecule has 1 aliphatic heterocycles. The van der Waals surface area contributed by atoms with Gasteiger partial charge in [0, 0.05) is 52.5 Å². The normalized spacial score (nSPS) is 18.7. The van der Waals surface area contributed by atoms with Crippen LogP contribution in [0.25, 0.3) is 0 Å². The zero-order chi connectivity index (χ0) is 43.1.